The average molecular weight is 368 g/mol. The van der Waals surface area contributed by atoms with Gasteiger partial charge in [0.2, 0.25) is 0 Å². The topological polar surface area (TPSA) is 72.8 Å². The molecule has 0 radical (unpaired) electrons. The van der Waals surface area contributed by atoms with Gasteiger partial charge in [0.15, 0.2) is 14.9 Å². The van der Waals surface area contributed by atoms with Gasteiger partial charge in [0, 0.05) is 30.9 Å². The minimum atomic E-state index is -3.73. The highest BCUT2D eigenvalue weighted by atomic mass is 32.2. The first-order chi connectivity index (χ1) is 10.6. The zero-order valence-corrected chi connectivity index (χ0v) is 14.4. The summed E-state index contributed by atoms with van der Waals surface area (Å²) in [7, 11) is -2.16. The van der Waals surface area contributed by atoms with Crippen molar-refractivity contribution in [1.82, 2.24) is 0 Å². The first kappa shape index (κ1) is 17.1. The number of halogens is 2. The molecule has 1 heterocycles. The van der Waals surface area contributed by atoms with Crippen molar-refractivity contribution >= 4 is 21.2 Å². The van der Waals surface area contributed by atoms with Crippen LogP contribution in [0.2, 0.25) is 0 Å². The van der Waals surface area contributed by atoms with Gasteiger partial charge in [-0.25, -0.2) is 17.2 Å². The Bertz CT molecular complexity index is 716. The Morgan fingerprint density at radius 2 is 2.04 bits per heavy atom. The largest absolute Gasteiger partial charge is 0.481 e. The molecule has 1 aromatic rings. The summed E-state index contributed by atoms with van der Waals surface area (Å²) in [5, 5.41) is 9.95. The Hall–Kier alpha value is -0.770. The minimum absolute atomic E-state index is 0.0958. The third-order valence-corrected chi connectivity index (χ3v) is 7.57. The van der Waals surface area contributed by atoms with Crippen molar-refractivity contribution in [2.24, 2.45) is 0 Å². The molecule has 2 aliphatic carbocycles. The van der Waals surface area contributed by atoms with E-state index in [1.54, 1.807) is 7.11 Å². The maximum Gasteiger partial charge on any atom is 0.281 e. The minimum Gasteiger partial charge on any atom is -0.481 e. The zero-order valence-electron chi connectivity index (χ0n) is 12.8. The summed E-state index contributed by atoms with van der Waals surface area (Å²) in [5.74, 6) is -3.38. The smallest absolute Gasteiger partial charge is 0.281 e. The lowest BCUT2D eigenvalue weighted by molar-refractivity contribution is -0.0998. The van der Waals surface area contributed by atoms with Crippen LogP contribution in [0.4, 0.5) is 8.78 Å². The molecule has 0 bridgehead atoms. The van der Waals surface area contributed by atoms with Crippen molar-refractivity contribution in [2.75, 3.05) is 20.0 Å². The van der Waals surface area contributed by atoms with Crippen LogP contribution in [0.25, 0.3) is 0 Å². The molecule has 1 fully saturated rings. The van der Waals surface area contributed by atoms with Gasteiger partial charge >= 0.3 is 0 Å². The van der Waals surface area contributed by atoms with Crippen LogP contribution < -0.4 is 4.74 Å². The third-order valence-electron chi connectivity index (χ3n) is 4.56. The van der Waals surface area contributed by atoms with Crippen LogP contribution in [0.5, 0.6) is 5.06 Å². The van der Waals surface area contributed by atoms with Crippen LogP contribution in [0.1, 0.15) is 36.5 Å². The van der Waals surface area contributed by atoms with E-state index in [0.29, 0.717) is 0 Å². The van der Waals surface area contributed by atoms with Crippen LogP contribution in [0.3, 0.4) is 0 Å². The Balaban J connectivity index is 1.95. The maximum atomic E-state index is 13.8. The monoisotopic (exact) mass is 368 g/mol. The van der Waals surface area contributed by atoms with E-state index in [0.717, 1.165) is 36.9 Å². The van der Waals surface area contributed by atoms with Crippen LogP contribution in [-0.2, 0) is 21.0 Å². The molecule has 2 aliphatic rings. The van der Waals surface area contributed by atoms with E-state index in [2.05, 4.69) is 0 Å². The molecule has 5 nitrogen and oxygen atoms in total. The number of fused-ring (bicyclic) bond motifs is 1. The average Bonchev–Trinajstić information content (AvgIpc) is 2.85. The number of aliphatic hydroxyl groups is 1. The number of ether oxygens (including phenoxy) is 2. The number of aliphatic hydroxyl groups excluding tert-OH is 1. The van der Waals surface area contributed by atoms with Crippen LogP contribution in [-0.4, -0.2) is 45.0 Å². The number of methoxy groups -OCH3 is 1. The van der Waals surface area contributed by atoms with Gasteiger partial charge in [0.25, 0.3) is 5.92 Å². The van der Waals surface area contributed by atoms with Crippen molar-refractivity contribution in [2.45, 2.75) is 47.5 Å². The van der Waals surface area contributed by atoms with Gasteiger partial charge in [-0.15, -0.1) is 0 Å². The maximum absolute atomic E-state index is 13.8. The summed E-state index contributed by atoms with van der Waals surface area (Å²) in [5.41, 5.74) is -0.543. The van der Waals surface area contributed by atoms with Gasteiger partial charge in [-0.3, -0.25) is 0 Å². The number of sulfone groups is 1. The molecule has 0 aromatic carbocycles. The fourth-order valence-corrected chi connectivity index (χ4v) is 5.39. The molecule has 130 valence electrons. The predicted octanol–water partition coefficient (Wildman–Crippen LogP) is 2.32. The second kappa shape index (κ2) is 5.37. The first-order valence-corrected chi connectivity index (χ1v) is 9.90. The second-order valence-electron chi connectivity index (χ2n) is 6.21. The normalized spacial score (nSPS) is 25.0. The highest BCUT2D eigenvalue weighted by molar-refractivity contribution is 7.92. The van der Waals surface area contributed by atoms with E-state index < -0.39 is 33.9 Å². The van der Waals surface area contributed by atoms with Crippen molar-refractivity contribution in [3.63, 3.8) is 0 Å². The molecular formula is C14H18F2O5S2. The van der Waals surface area contributed by atoms with Crippen molar-refractivity contribution in [1.29, 1.82) is 0 Å². The molecule has 0 saturated heterocycles. The summed E-state index contributed by atoms with van der Waals surface area (Å²) >= 11 is 0.800. The molecule has 0 unspecified atom stereocenters. The Labute approximate surface area is 137 Å². The van der Waals surface area contributed by atoms with Gasteiger partial charge in [-0.2, -0.15) is 0 Å². The second-order valence-corrected chi connectivity index (χ2v) is 9.41. The third kappa shape index (κ3) is 2.77. The van der Waals surface area contributed by atoms with Crippen LogP contribution in [0.15, 0.2) is 4.21 Å². The zero-order chi connectivity index (χ0) is 17.0. The van der Waals surface area contributed by atoms with Crippen LogP contribution >= 0.6 is 11.3 Å². The van der Waals surface area contributed by atoms with E-state index in [4.69, 9.17) is 9.47 Å². The van der Waals surface area contributed by atoms with Gasteiger partial charge < -0.3 is 14.6 Å². The number of hydrogen-bond acceptors (Lipinski definition) is 6. The fourth-order valence-electron chi connectivity index (χ4n) is 2.99. The van der Waals surface area contributed by atoms with E-state index in [9.17, 15) is 22.3 Å². The molecule has 1 saturated carbocycles. The molecule has 3 rings (SSSR count). The van der Waals surface area contributed by atoms with Crippen molar-refractivity contribution in [3.05, 3.63) is 11.1 Å². The first-order valence-electron chi connectivity index (χ1n) is 7.19. The van der Waals surface area contributed by atoms with Crippen LogP contribution in [0, 0.1) is 0 Å². The Morgan fingerprint density at radius 1 is 1.39 bits per heavy atom. The molecule has 9 heteroatoms. The molecular weight excluding hydrogens is 350 g/mol. The van der Waals surface area contributed by atoms with Crippen molar-refractivity contribution < 1.29 is 31.8 Å². The molecule has 1 atom stereocenters. The molecule has 0 amide bonds. The van der Waals surface area contributed by atoms with E-state index in [1.165, 1.54) is 0 Å². The van der Waals surface area contributed by atoms with E-state index in [1.807, 2.05) is 0 Å². The van der Waals surface area contributed by atoms with Gasteiger partial charge in [0.1, 0.15) is 22.5 Å². The highest BCUT2D eigenvalue weighted by Crippen LogP contribution is 2.53. The Kier molecular flexibility index (Phi) is 3.98. The van der Waals surface area contributed by atoms with E-state index in [-0.39, 0.29) is 27.0 Å². The molecule has 0 aliphatic heterocycles. The summed E-state index contributed by atoms with van der Waals surface area (Å²) in [4.78, 5) is 0. The standard InChI is InChI=1S/C14H18F2O5S2/c1-20-13(4-3-5-13)7-21-11-8-6-14(15,16)10(17)9(8)12(22-11)23(2,18)19/h10,17H,3-7H2,1-2H3/t10-/m0/s1. The number of rotatable bonds is 5. The Morgan fingerprint density at radius 3 is 2.52 bits per heavy atom. The van der Waals surface area contributed by atoms with Crippen molar-refractivity contribution in [3.8, 4) is 5.06 Å². The molecule has 0 spiro atoms. The lowest BCUT2D eigenvalue weighted by Crippen LogP contribution is -2.44. The quantitative estimate of drug-likeness (QED) is 0.864. The number of thiophene rings is 1. The highest BCUT2D eigenvalue weighted by Gasteiger charge is 2.52. The number of alkyl halides is 2. The van der Waals surface area contributed by atoms with Gasteiger partial charge in [-0.1, -0.05) is 11.3 Å². The number of hydrogen-bond donors (Lipinski definition) is 1. The summed E-state index contributed by atoms with van der Waals surface area (Å²) < 4.78 is 62.2. The molecule has 1 aromatic heterocycles. The summed E-state index contributed by atoms with van der Waals surface area (Å²) in [6.45, 7) is 0.182. The lowest BCUT2D eigenvalue weighted by Gasteiger charge is -2.39. The molecule has 23 heavy (non-hydrogen) atoms. The summed E-state index contributed by atoms with van der Waals surface area (Å²) in [6, 6.07) is 0. The van der Waals surface area contributed by atoms with E-state index >= 15 is 0 Å². The lowest BCUT2D eigenvalue weighted by atomic mass is 9.81. The predicted molar refractivity (Wildman–Crippen MR) is 80.1 cm³/mol. The van der Waals surface area contributed by atoms with Gasteiger partial charge in [0.05, 0.1) is 0 Å². The summed E-state index contributed by atoms with van der Waals surface area (Å²) in [6.07, 6.45) is 0.740. The van der Waals surface area contributed by atoms with Gasteiger partial charge in [-0.05, 0) is 19.3 Å². The molecule has 1 N–H and O–H groups in total. The fraction of sp³-hybridized carbons (Fsp3) is 0.714. The SMILES string of the molecule is COC1(COc2sc(S(C)(=O)=O)c3c2CC(F)(F)[C@H]3O)CCC1.